The van der Waals surface area contributed by atoms with Crippen LogP contribution in [0, 0.1) is 17.5 Å². The molecule has 3 nitrogen and oxygen atoms in total. The minimum atomic E-state index is -1.20. The normalized spacial score (nSPS) is 10.3. The third-order valence-corrected chi connectivity index (χ3v) is 2.69. The Kier molecular flexibility index (Phi) is 3.93. The molecule has 2 rings (SSSR count). The first kappa shape index (κ1) is 13.9. The van der Waals surface area contributed by atoms with Crippen LogP contribution >= 0.6 is 0 Å². The SMILES string of the molecule is O=C(O)c1ccc(F)c(NCc2cc(F)ccc2F)c1. The van der Waals surface area contributed by atoms with Gasteiger partial charge in [0.25, 0.3) is 0 Å². The molecule has 0 aliphatic rings. The molecule has 0 amide bonds. The van der Waals surface area contributed by atoms with E-state index < -0.39 is 23.4 Å². The predicted octanol–water partition coefficient (Wildman–Crippen LogP) is 3.41. The first-order chi connectivity index (χ1) is 9.47. The van der Waals surface area contributed by atoms with Crippen molar-refractivity contribution in [2.75, 3.05) is 5.32 Å². The van der Waals surface area contributed by atoms with Crippen molar-refractivity contribution in [2.45, 2.75) is 6.54 Å². The second-order valence-corrected chi connectivity index (χ2v) is 4.09. The van der Waals surface area contributed by atoms with Crippen LogP contribution in [-0.4, -0.2) is 11.1 Å². The Balaban J connectivity index is 2.20. The van der Waals surface area contributed by atoms with Crippen molar-refractivity contribution >= 4 is 11.7 Å². The maximum Gasteiger partial charge on any atom is 0.335 e. The Morgan fingerprint density at radius 3 is 2.45 bits per heavy atom. The number of nitrogens with one attached hydrogen (secondary N) is 1. The Labute approximate surface area is 112 Å². The molecule has 0 aliphatic heterocycles. The number of hydrogen-bond donors (Lipinski definition) is 2. The van der Waals surface area contributed by atoms with Gasteiger partial charge in [-0.15, -0.1) is 0 Å². The van der Waals surface area contributed by atoms with Crippen LogP contribution in [0.2, 0.25) is 0 Å². The number of carbonyl (C=O) groups is 1. The zero-order valence-corrected chi connectivity index (χ0v) is 10.2. The predicted molar refractivity (Wildman–Crippen MR) is 67.0 cm³/mol. The number of halogens is 3. The van der Waals surface area contributed by atoms with E-state index in [0.717, 1.165) is 36.4 Å². The quantitative estimate of drug-likeness (QED) is 0.902. The van der Waals surface area contributed by atoms with Crippen molar-refractivity contribution in [3.8, 4) is 0 Å². The van der Waals surface area contributed by atoms with Crippen molar-refractivity contribution in [1.82, 2.24) is 0 Å². The molecule has 0 spiro atoms. The number of hydrogen-bond acceptors (Lipinski definition) is 2. The van der Waals surface area contributed by atoms with E-state index in [-0.39, 0.29) is 23.4 Å². The molecule has 20 heavy (non-hydrogen) atoms. The van der Waals surface area contributed by atoms with Gasteiger partial charge in [-0.05, 0) is 36.4 Å². The van der Waals surface area contributed by atoms with Gasteiger partial charge in [0.05, 0.1) is 11.3 Å². The van der Waals surface area contributed by atoms with Crippen LogP contribution in [0.4, 0.5) is 18.9 Å². The summed E-state index contributed by atoms with van der Waals surface area (Å²) in [5, 5.41) is 11.4. The monoisotopic (exact) mass is 281 g/mol. The molecule has 0 radical (unpaired) electrons. The Hall–Kier alpha value is -2.50. The van der Waals surface area contributed by atoms with Gasteiger partial charge in [-0.25, -0.2) is 18.0 Å². The molecule has 0 bridgehead atoms. The van der Waals surface area contributed by atoms with E-state index in [9.17, 15) is 18.0 Å². The Morgan fingerprint density at radius 1 is 1.05 bits per heavy atom. The van der Waals surface area contributed by atoms with Crippen LogP contribution in [0.15, 0.2) is 36.4 Å². The first-order valence-electron chi connectivity index (χ1n) is 5.68. The molecule has 0 fully saturated rings. The molecule has 0 unspecified atom stereocenters. The van der Waals surface area contributed by atoms with Crippen LogP contribution in [0.25, 0.3) is 0 Å². The summed E-state index contributed by atoms with van der Waals surface area (Å²) in [5.74, 6) is -3.12. The maximum absolute atomic E-state index is 13.5. The van der Waals surface area contributed by atoms with Gasteiger partial charge in [-0.1, -0.05) is 0 Å². The highest BCUT2D eigenvalue weighted by Gasteiger charge is 2.09. The Bertz CT molecular complexity index is 659. The lowest BCUT2D eigenvalue weighted by atomic mass is 10.1. The molecule has 0 aromatic heterocycles. The van der Waals surface area contributed by atoms with Crippen molar-refractivity contribution < 1.29 is 23.1 Å². The number of aromatic carboxylic acids is 1. The van der Waals surface area contributed by atoms with Gasteiger partial charge < -0.3 is 10.4 Å². The molecule has 0 heterocycles. The molecule has 2 N–H and O–H groups in total. The van der Waals surface area contributed by atoms with E-state index in [1.165, 1.54) is 0 Å². The molecular weight excluding hydrogens is 271 g/mol. The lowest BCUT2D eigenvalue weighted by Crippen LogP contribution is -2.06. The van der Waals surface area contributed by atoms with Crippen LogP contribution in [0.1, 0.15) is 15.9 Å². The Morgan fingerprint density at radius 2 is 1.75 bits per heavy atom. The van der Waals surface area contributed by atoms with Crippen LogP contribution in [0.5, 0.6) is 0 Å². The molecule has 6 heteroatoms. The van der Waals surface area contributed by atoms with Gasteiger partial charge in [-0.3, -0.25) is 0 Å². The lowest BCUT2D eigenvalue weighted by Gasteiger charge is -2.09. The van der Waals surface area contributed by atoms with E-state index >= 15 is 0 Å². The van der Waals surface area contributed by atoms with Gasteiger partial charge in [0.2, 0.25) is 0 Å². The molecule has 0 saturated carbocycles. The number of anilines is 1. The summed E-state index contributed by atoms with van der Waals surface area (Å²) in [6, 6.07) is 6.14. The first-order valence-corrected chi connectivity index (χ1v) is 5.68. The van der Waals surface area contributed by atoms with E-state index in [4.69, 9.17) is 5.11 Å². The third-order valence-electron chi connectivity index (χ3n) is 2.69. The smallest absolute Gasteiger partial charge is 0.335 e. The molecule has 0 saturated heterocycles. The van der Waals surface area contributed by atoms with Crippen LogP contribution in [0.3, 0.4) is 0 Å². The van der Waals surface area contributed by atoms with E-state index in [0.29, 0.717) is 0 Å². The summed E-state index contributed by atoms with van der Waals surface area (Å²) >= 11 is 0. The fraction of sp³-hybridized carbons (Fsp3) is 0.0714. The lowest BCUT2D eigenvalue weighted by molar-refractivity contribution is 0.0697. The number of carboxylic acids is 1. The van der Waals surface area contributed by atoms with Gasteiger partial charge in [0.1, 0.15) is 17.5 Å². The summed E-state index contributed by atoms with van der Waals surface area (Å²) in [5.41, 5.74) is -0.174. The summed E-state index contributed by atoms with van der Waals surface area (Å²) in [7, 11) is 0. The standard InChI is InChI=1S/C14H10F3NO2/c15-10-2-4-11(16)9(5-10)7-18-13-6-8(14(19)20)1-3-12(13)17/h1-6,18H,7H2,(H,19,20). The van der Waals surface area contributed by atoms with Crippen LogP contribution < -0.4 is 5.32 Å². The molecule has 104 valence electrons. The van der Waals surface area contributed by atoms with E-state index in [1.54, 1.807) is 0 Å². The van der Waals surface area contributed by atoms with Gasteiger partial charge >= 0.3 is 5.97 Å². The summed E-state index contributed by atoms with van der Waals surface area (Å²) in [4.78, 5) is 10.8. The topological polar surface area (TPSA) is 49.3 Å². The maximum atomic E-state index is 13.5. The van der Waals surface area contributed by atoms with Gasteiger partial charge in [-0.2, -0.15) is 0 Å². The van der Waals surface area contributed by atoms with E-state index in [2.05, 4.69) is 5.32 Å². The van der Waals surface area contributed by atoms with Crippen molar-refractivity contribution in [1.29, 1.82) is 0 Å². The number of benzene rings is 2. The highest BCUT2D eigenvalue weighted by atomic mass is 19.1. The second-order valence-electron chi connectivity index (χ2n) is 4.09. The molecule has 0 atom stereocenters. The average molecular weight is 281 g/mol. The molecule has 0 aliphatic carbocycles. The minimum Gasteiger partial charge on any atom is -0.478 e. The van der Waals surface area contributed by atoms with E-state index in [1.807, 2.05) is 0 Å². The van der Waals surface area contributed by atoms with Gasteiger partial charge in [0.15, 0.2) is 0 Å². The highest BCUT2D eigenvalue weighted by molar-refractivity contribution is 5.88. The van der Waals surface area contributed by atoms with Gasteiger partial charge in [0, 0.05) is 12.1 Å². The van der Waals surface area contributed by atoms with Crippen molar-refractivity contribution in [3.63, 3.8) is 0 Å². The zero-order chi connectivity index (χ0) is 14.7. The fourth-order valence-electron chi connectivity index (χ4n) is 1.66. The molecular formula is C14H10F3NO2. The summed E-state index contributed by atoms with van der Waals surface area (Å²) in [6.45, 7) is -0.163. The number of carboxylic acid groups (broad SMARTS) is 1. The highest BCUT2D eigenvalue weighted by Crippen LogP contribution is 2.18. The molecule has 2 aromatic rings. The second kappa shape index (κ2) is 5.64. The van der Waals surface area contributed by atoms with Crippen LogP contribution in [-0.2, 0) is 6.54 Å². The largest absolute Gasteiger partial charge is 0.478 e. The van der Waals surface area contributed by atoms with Crippen molar-refractivity contribution in [3.05, 3.63) is 65.0 Å². The average Bonchev–Trinajstić information content (AvgIpc) is 2.41. The summed E-state index contributed by atoms with van der Waals surface area (Å²) < 4.78 is 39.9. The van der Waals surface area contributed by atoms with Crippen molar-refractivity contribution in [2.24, 2.45) is 0 Å². The zero-order valence-electron chi connectivity index (χ0n) is 10.2. The third kappa shape index (κ3) is 3.09. The molecule has 2 aromatic carbocycles. The fourth-order valence-corrected chi connectivity index (χ4v) is 1.66. The minimum absolute atomic E-state index is 0.0186. The summed E-state index contributed by atoms with van der Waals surface area (Å²) in [6.07, 6.45) is 0. The number of rotatable bonds is 4.